The fraction of sp³-hybridized carbons (Fsp3) is 0.0769. The van der Waals surface area contributed by atoms with Crippen LogP contribution in [0.2, 0.25) is 0 Å². The number of rotatable bonds is 3. The van der Waals surface area contributed by atoms with Crippen molar-refractivity contribution in [2.24, 2.45) is 0 Å². The van der Waals surface area contributed by atoms with Gasteiger partial charge in [0.25, 0.3) is 5.56 Å². The summed E-state index contributed by atoms with van der Waals surface area (Å²) in [6.45, 7) is 1.81. The minimum Gasteiger partial charge on any atom is -0.306 e. The molecule has 0 fully saturated rings. The van der Waals surface area contributed by atoms with Gasteiger partial charge in [0.1, 0.15) is 10.7 Å². The Morgan fingerprint density at radius 2 is 2.29 bits per heavy atom. The van der Waals surface area contributed by atoms with E-state index in [0.29, 0.717) is 16.0 Å². The van der Waals surface area contributed by atoms with E-state index in [0.717, 1.165) is 22.5 Å². The summed E-state index contributed by atoms with van der Waals surface area (Å²) in [5.74, 6) is 0.476. The van der Waals surface area contributed by atoms with Crippen molar-refractivity contribution in [3.63, 3.8) is 0 Å². The van der Waals surface area contributed by atoms with E-state index in [1.165, 1.54) is 17.4 Å². The van der Waals surface area contributed by atoms with Crippen LogP contribution in [0.4, 0.5) is 5.00 Å². The number of hydrogen-bond acceptors (Lipinski definition) is 6. The van der Waals surface area contributed by atoms with Gasteiger partial charge in [-0.25, -0.2) is 4.98 Å². The third-order valence-electron chi connectivity index (χ3n) is 2.88. The molecule has 1 N–H and O–H groups in total. The second-order valence-corrected chi connectivity index (χ2v) is 6.14. The Balaban J connectivity index is 2.02. The number of aromatic nitrogens is 2. The van der Waals surface area contributed by atoms with Crippen LogP contribution in [-0.2, 0) is 0 Å². The van der Waals surface area contributed by atoms with Crippen LogP contribution in [0.5, 0.6) is 0 Å². The van der Waals surface area contributed by atoms with Crippen LogP contribution in [0.3, 0.4) is 0 Å². The molecule has 0 spiro atoms. The van der Waals surface area contributed by atoms with Gasteiger partial charge in [0.15, 0.2) is 0 Å². The zero-order valence-electron chi connectivity index (χ0n) is 10.8. The molecule has 0 amide bonds. The molecule has 0 saturated carbocycles. The minimum atomic E-state index is -0.421. The molecule has 21 heavy (non-hydrogen) atoms. The SMILES string of the molecule is CC(=Cc1csc([N+](=O)[O-])c1)c1nc2sccc2c(=O)[nH]1. The summed E-state index contributed by atoms with van der Waals surface area (Å²) < 4.78 is 0. The smallest absolute Gasteiger partial charge is 0.306 e. The molecule has 0 unspecified atom stereocenters. The monoisotopic (exact) mass is 319 g/mol. The van der Waals surface area contributed by atoms with Gasteiger partial charge in [-0.1, -0.05) is 11.3 Å². The Labute approximate surface area is 126 Å². The Morgan fingerprint density at radius 1 is 1.48 bits per heavy atom. The maximum atomic E-state index is 11.9. The third-order valence-corrected chi connectivity index (χ3v) is 4.58. The minimum absolute atomic E-state index is 0.0872. The molecular weight excluding hydrogens is 310 g/mol. The molecule has 3 aromatic heterocycles. The van der Waals surface area contributed by atoms with Crippen molar-refractivity contribution in [3.05, 3.63) is 54.7 Å². The summed E-state index contributed by atoms with van der Waals surface area (Å²) in [4.78, 5) is 30.0. The van der Waals surface area contributed by atoms with E-state index in [-0.39, 0.29) is 10.6 Å². The lowest BCUT2D eigenvalue weighted by molar-refractivity contribution is -0.380. The first-order valence-electron chi connectivity index (χ1n) is 5.94. The van der Waals surface area contributed by atoms with Crippen molar-refractivity contribution in [2.75, 3.05) is 0 Å². The van der Waals surface area contributed by atoms with Crippen molar-refractivity contribution in [3.8, 4) is 0 Å². The van der Waals surface area contributed by atoms with E-state index >= 15 is 0 Å². The molecule has 3 aromatic rings. The average Bonchev–Trinajstić information content (AvgIpc) is 3.07. The molecule has 0 aliphatic carbocycles. The predicted octanol–water partition coefficient (Wildman–Crippen LogP) is 3.51. The zero-order valence-corrected chi connectivity index (χ0v) is 12.5. The average molecular weight is 319 g/mol. The predicted molar refractivity (Wildman–Crippen MR) is 84.8 cm³/mol. The largest absolute Gasteiger partial charge is 0.324 e. The zero-order chi connectivity index (χ0) is 15.0. The third kappa shape index (κ3) is 2.63. The number of nitro groups is 1. The molecule has 3 rings (SSSR count). The summed E-state index contributed by atoms with van der Waals surface area (Å²) in [7, 11) is 0. The Morgan fingerprint density at radius 3 is 3.00 bits per heavy atom. The van der Waals surface area contributed by atoms with E-state index in [9.17, 15) is 14.9 Å². The van der Waals surface area contributed by atoms with Crippen LogP contribution < -0.4 is 5.56 Å². The van der Waals surface area contributed by atoms with Gasteiger partial charge < -0.3 is 4.98 Å². The van der Waals surface area contributed by atoms with Crippen LogP contribution in [-0.4, -0.2) is 14.9 Å². The van der Waals surface area contributed by atoms with Gasteiger partial charge >= 0.3 is 5.00 Å². The van der Waals surface area contributed by atoms with Gasteiger partial charge in [0.2, 0.25) is 0 Å². The number of fused-ring (bicyclic) bond motifs is 1. The number of allylic oxidation sites excluding steroid dienone is 1. The molecule has 0 radical (unpaired) electrons. The van der Waals surface area contributed by atoms with Crippen molar-refractivity contribution in [2.45, 2.75) is 6.92 Å². The first kappa shape index (κ1) is 13.7. The van der Waals surface area contributed by atoms with Gasteiger partial charge in [-0.05, 0) is 35.6 Å². The highest BCUT2D eigenvalue weighted by molar-refractivity contribution is 7.16. The van der Waals surface area contributed by atoms with Gasteiger partial charge in [0.05, 0.1) is 10.3 Å². The number of nitrogens with one attached hydrogen (secondary N) is 1. The van der Waals surface area contributed by atoms with E-state index in [1.54, 1.807) is 24.4 Å². The summed E-state index contributed by atoms with van der Waals surface area (Å²) in [5, 5.41) is 14.8. The molecule has 0 bridgehead atoms. The first-order chi connectivity index (χ1) is 10.0. The van der Waals surface area contributed by atoms with Crippen molar-refractivity contribution < 1.29 is 4.92 Å². The van der Waals surface area contributed by atoms with Crippen LogP contribution in [0.1, 0.15) is 18.3 Å². The molecule has 0 aromatic carbocycles. The summed E-state index contributed by atoms with van der Waals surface area (Å²) in [6.07, 6.45) is 1.77. The second kappa shape index (κ2) is 5.23. The fourth-order valence-corrected chi connectivity index (χ4v) is 3.33. The number of thiophene rings is 2. The highest BCUT2D eigenvalue weighted by Gasteiger charge is 2.10. The topological polar surface area (TPSA) is 88.9 Å². The van der Waals surface area contributed by atoms with Crippen molar-refractivity contribution in [1.82, 2.24) is 9.97 Å². The summed E-state index contributed by atoms with van der Waals surface area (Å²) >= 11 is 2.47. The lowest BCUT2D eigenvalue weighted by atomic mass is 10.2. The lowest BCUT2D eigenvalue weighted by Gasteiger charge is -2.00. The molecule has 0 atom stereocenters. The van der Waals surface area contributed by atoms with Gasteiger partial charge in [0, 0.05) is 11.4 Å². The molecule has 3 heterocycles. The maximum Gasteiger partial charge on any atom is 0.324 e. The number of nitrogens with zero attached hydrogens (tertiary/aromatic N) is 2. The fourth-order valence-electron chi connectivity index (χ4n) is 1.88. The standard InChI is InChI=1S/C13H9N3O3S2/c1-7(4-8-5-10(16(18)19)21-6-8)11-14-12(17)9-2-3-20-13(9)15-11/h2-6H,1H3,(H,14,15,17). The van der Waals surface area contributed by atoms with Crippen LogP contribution >= 0.6 is 22.7 Å². The van der Waals surface area contributed by atoms with E-state index in [2.05, 4.69) is 9.97 Å². The van der Waals surface area contributed by atoms with Crippen LogP contribution in [0, 0.1) is 10.1 Å². The van der Waals surface area contributed by atoms with Crippen LogP contribution in [0.15, 0.2) is 27.7 Å². The Bertz CT molecular complexity index is 920. The molecule has 0 saturated heterocycles. The van der Waals surface area contributed by atoms with Crippen LogP contribution in [0.25, 0.3) is 21.9 Å². The number of hydrogen-bond donors (Lipinski definition) is 1. The maximum absolute atomic E-state index is 11.9. The van der Waals surface area contributed by atoms with E-state index in [1.807, 2.05) is 5.38 Å². The molecule has 0 aliphatic rings. The lowest BCUT2D eigenvalue weighted by Crippen LogP contribution is -2.09. The van der Waals surface area contributed by atoms with Gasteiger partial charge in [-0.15, -0.1) is 11.3 Å². The van der Waals surface area contributed by atoms with E-state index < -0.39 is 4.92 Å². The number of aromatic amines is 1. The Kier molecular flexibility index (Phi) is 3.40. The van der Waals surface area contributed by atoms with Crippen molar-refractivity contribution >= 4 is 49.5 Å². The van der Waals surface area contributed by atoms with Crippen molar-refractivity contribution in [1.29, 1.82) is 0 Å². The van der Waals surface area contributed by atoms with Gasteiger partial charge in [-0.3, -0.25) is 14.9 Å². The molecule has 106 valence electrons. The quantitative estimate of drug-likeness (QED) is 0.591. The summed E-state index contributed by atoms with van der Waals surface area (Å²) in [6, 6.07) is 3.23. The Hall–Kier alpha value is -2.32. The molecule has 0 aliphatic heterocycles. The number of H-pyrrole nitrogens is 1. The normalized spacial score (nSPS) is 12.0. The molecule has 8 heteroatoms. The second-order valence-electron chi connectivity index (χ2n) is 4.36. The van der Waals surface area contributed by atoms with Gasteiger partial charge in [-0.2, -0.15) is 0 Å². The first-order valence-corrected chi connectivity index (χ1v) is 7.69. The van der Waals surface area contributed by atoms with E-state index in [4.69, 9.17) is 0 Å². The highest BCUT2D eigenvalue weighted by Crippen LogP contribution is 2.26. The summed E-state index contributed by atoms with van der Waals surface area (Å²) in [5.41, 5.74) is 1.29. The molecular formula is C13H9N3O3S2. The molecule has 6 nitrogen and oxygen atoms in total. The highest BCUT2D eigenvalue weighted by atomic mass is 32.1.